The second-order valence-corrected chi connectivity index (χ2v) is 5.37. The summed E-state index contributed by atoms with van der Waals surface area (Å²) in [5, 5.41) is 6.61. The maximum Gasteiger partial charge on any atom is 0.191 e. The number of guanidine groups is 1. The zero-order valence-corrected chi connectivity index (χ0v) is 12.7. The fourth-order valence-electron chi connectivity index (χ4n) is 1.84. The number of benzene rings is 1. The van der Waals surface area contributed by atoms with Gasteiger partial charge in [-0.1, -0.05) is 51.1 Å². The van der Waals surface area contributed by atoms with Crippen LogP contribution >= 0.6 is 0 Å². The summed E-state index contributed by atoms with van der Waals surface area (Å²) < 4.78 is 0. The van der Waals surface area contributed by atoms with Crippen molar-refractivity contribution in [2.24, 2.45) is 4.99 Å². The Morgan fingerprint density at radius 1 is 1.11 bits per heavy atom. The number of hydrogen-bond donors (Lipinski definition) is 2. The predicted molar refractivity (Wildman–Crippen MR) is 83.7 cm³/mol. The van der Waals surface area contributed by atoms with Crippen molar-refractivity contribution >= 4 is 5.96 Å². The van der Waals surface area contributed by atoms with Crippen molar-refractivity contribution in [3.8, 4) is 0 Å². The van der Waals surface area contributed by atoms with Crippen LogP contribution in [-0.2, 0) is 5.41 Å². The van der Waals surface area contributed by atoms with E-state index in [2.05, 4.69) is 68.7 Å². The van der Waals surface area contributed by atoms with E-state index in [1.54, 1.807) is 0 Å². The van der Waals surface area contributed by atoms with Gasteiger partial charge >= 0.3 is 0 Å². The normalized spacial score (nSPS) is 12.3. The molecule has 0 heterocycles. The molecule has 0 aliphatic rings. The van der Waals surface area contributed by atoms with Crippen LogP contribution in [0.5, 0.6) is 0 Å². The lowest BCUT2D eigenvalue weighted by molar-refractivity contribution is 0.537. The van der Waals surface area contributed by atoms with Crippen molar-refractivity contribution in [2.75, 3.05) is 19.6 Å². The second-order valence-electron chi connectivity index (χ2n) is 5.37. The summed E-state index contributed by atoms with van der Waals surface area (Å²) in [5.41, 5.74) is 1.38. The lowest BCUT2D eigenvalue weighted by Crippen LogP contribution is -2.38. The maximum absolute atomic E-state index is 4.69. The Labute approximate surface area is 117 Å². The topological polar surface area (TPSA) is 36.4 Å². The summed E-state index contributed by atoms with van der Waals surface area (Å²) in [6.07, 6.45) is 1.10. The van der Waals surface area contributed by atoms with Crippen molar-refractivity contribution in [3.05, 3.63) is 35.9 Å². The minimum atomic E-state index is 0.0514. The molecular weight excluding hydrogens is 234 g/mol. The molecule has 1 aromatic rings. The third-order valence-electron chi connectivity index (χ3n) is 3.07. The lowest BCUT2D eigenvalue weighted by atomic mass is 9.85. The molecule has 0 unspecified atom stereocenters. The van der Waals surface area contributed by atoms with Gasteiger partial charge in [0.25, 0.3) is 0 Å². The van der Waals surface area contributed by atoms with Crippen LogP contribution in [0.2, 0.25) is 0 Å². The third-order valence-corrected chi connectivity index (χ3v) is 3.07. The number of nitrogens with one attached hydrogen (secondary N) is 2. The summed E-state index contributed by atoms with van der Waals surface area (Å²) in [6.45, 7) is 11.3. The molecule has 0 amide bonds. The van der Waals surface area contributed by atoms with Gasteiger partial charge in [0.05, 0.1) is 6.54 Å². The Morgan fingerprint density at radius 3 is 2.37 bits per heavy atom. The molecule has 1 rings (SSSR count). The van der Waals surface area contributed by atoms with Crippen LogP contribution in [0.3, 0.4) is 0 Å². The largest absolute Gasteiger partial charge is 0.357 e. The van der Waals surface area contributed by atoms with E-state index in [0.29, 0.717) is 0 Å². The zero-order valence-electron chi connectivity index (χ0n) is 12.7. The van der Waals surface area contributed by atoms with E-state index in [1.165, 1.54) is 5.56 Å². The Balaban J connectivity index is 2.69. The second kappa shape index (κ2) is 7.82. The highest BCUT2D eigenvalue weighted by molar-refractivity contribution is 5.79. The van der Waals surface area contributed by atoms with E-state index in [4.69, 9.17) is 4.99 Å². The van der Waals surface area contributed by atoms with E-state index in [1.807, 2.05) is 0 Å². The Kier molecular flexibility index (Phi) is 6.40. The quantitative estimate of drug-likeness (QED) is 0.610. The van der Waals surface area contributed by atoms with E-state index >= 15 is 0 Å². The highest BCUT2D eigenvalue weighted by Crippen LogP contribution is 2.22. The molecule has 0 spiro atoms. The molecule has 19 heavy (non-hydrogen) atoms. The molecule has 0 aliphatic heterocycles. The number of aliphatic imine (C=N–C) groups is 1. The first-order valence-electron chi connectivity index (χ1n) is 7.18. The molecule has 0 aliphatic carbocycles. The molecule has 2 N–H and O–H groups in total. The monoisotopic (exact) mass is 261 g/mol. The smallest absolute Gasteiger partial charge is 0.191 e. The minimum absolute atomic E-state index is 0.0514. The van der Waals surface area contributed by atoms with Gasteiger partial charge in [-0.2, -0.15) is 0 Å². The van der Waals surface area contributed by atoms with Crippen molar-refractivity contribution in [3.63, 3.8) is 0 Å². The van der Waals surface area contributed by atoms with E-state index in [-0.39, 0.29) is 5.41 Å². The lowest BCUT2D eigenvalue weighted by Gasteiger charge is -2.23. The molecular formula is C16H27N3. The van der Waals surface area contributed by atoms with Gasteiger partial charge in [0.15, 0.2) is 5.96 Å². The molecule has 106 valence electrons. The van der Waals surface area contributed by atoms with Gasteiger partial charge in [0.2, 0.25) is 0 Å². The fourth-order valence-corrected chi connectivity index (χ4v) is 1.84. The predicted octanol–water partition coefficient (Wildman–Crippen LogP) is 2.93. The first-order chi connectivity index (χ1) is 9.10. The van der Waals surface area contributed by atoms with Crippen LogP contribution in [-0.4, -0.2) is 25.6 Å². The molecule has 3 heteroatoms. The first-order valence-corrected chi connectivity index (χ1v) is 7.18. The highest BCUT2D eigenvalue weighted by Gasteiger charge is 2.19. The molecule has 0 saturated carbocycles. The average Bonchev–Trinajstić information content (AvgIpc) is 2.43. The van der Waals surface area contributed by atoms with E-state index in [0.717, 1.165) is 32.0 Å². The van der Waals surface area contributed by atoms with Crippen LogP contribution in [0.25, 0.3) is 0 Å². The molecule has 0 fully saturated rings. The maximum atomic E-state index is 4.69. The van der Waals surface area contributed by atoms with E-state index in [9.17, 15) is 0 Å². The van der Waals surface area contributed by atoms with Gasteiger partial charge in [0, 0.05) is 18.5 Å². The molecule has 0 saturated heterocycles. The summed E-state index contributed by atoms with van der Waals surface area (Å²) in [4.78, 5) is 4.69. The van der Waals surface area contributed by atoms with Gasteiger partial charge in [0.1, 0.15) is 0 Å². The minimum Gasteiger partial charge on any atom is -0.357 e. The molecule has 0 aromatic heterocycles. The van der Waals surface area contributed by atoms with Gasteiger partial charge < -0.3 is 10.6 Å². The van der Waals surface area contributed by atoms with Crippen molar-refractivity contribution in [1.82, 2.24) is 10.6 Å². The van der Waals surface area contributed by atoms with Gasteiger partial charge in [-0.25, -0.2) is 0 Å². The molecule has 1 aromatic carbocycles. The standard InChI is InChI=1S/C16H27N3/c1-5-12-18-15(17-6-2)19-13-16(3,4)14-10-8-7-9-11-14/h7-11H,5-6,12-13H2,1-4H3,(H2,17,18,19). The SMILES string of the molecule is CCCNC(=NCC(C)(C)c1ccccc1)NCC. The summed E-state index contributed by atoms with van der Waals surface area (Å²) in [6, 6.07) is 10.6. The first kappa shape index (κ1) is 15.5. The highest BCUT2D eigenvalue weighted by atomic mass is 15.2. The van der Waals surface area contributed by atoms with E-state index < -0.39 is 0 Å². The van der Waals surface area contributed by atoms with Crippen molar-refractivity contribution in [1.29, 1.82) is 0 Å². The Hall–Kier alpha value is -1.51. The molecule has 0 atom stereocenters. The number of rotatable bonds is 6. The summed E-state index contributed by atoms with van der Waals surface area (Å²) in [7, 11) is 0. The number of nitrogens with zero attached hydrogens (tertiary/aromatic N) is 1. The van der Waals surface area contributed by atoms with Crippen LogP contribution in [0.1, 0.15) is 39.7 Å². The van der Waals surface area contributed by atoms with Gasteiger partial charge in [-0.05, 0) is 18.9 Å². The fraction of sp³-hybridized carbons (Fsp3) is 0.562. The average molecular weight is 261 g/mol. The van der Waals surface area contributed by atoms with Crippen LogP contribution in [0, 0.1) is 0 Å². The Morgan fingerprint density at radius 2 is 1.79 bits per heavy atom. The molecule has 0 radical (unpaired) electrons. The summed E-state index contributed by atoms with van der Waals surface area (Å²) in [5.74, 6) is 0.911. The summed E-state index contributed by atoms with van der Waals surface area (Å²) >= 11 is 0. The zero-order chi connectivity index (χ0) is 14.1. The molecule has 0 bridgehead atoms. The third kappa shape index (κ3) is 5.33. The van der Waals surface area contributed by atoms with Crippen LogP contribution in [0.15, 0.2) is 35.3 Å². The van der Waals surface area contributed by atoms with Crippen LogP contribution in [0.4, 0.5) is 0 Å². The van der Waals surface area contributed by atoms with Crippen molar-refractivity contribution in [2.45, 2.75) is 39.5 Å². The Bertz CT molecular complexity index is 382. The molecule has 3 nitrogen and oxygen atoms in total. The number of hydrogen-bond acceptors (Lipinski definition) is 1. The van der Waals surface area contributed by atoms with Crippen molar-refractivity contribution < 1.29 is 0 Å². The van der Waals surface area contributed by atoms with Crippen LogP contribution < -0.4 is 10.6 Å². The van der Waals surface area contributed by atoms with Gasteiger partial charge in [-0.3, -0.25) is 4.99 Å². The van der Waals surface area contributed by atoms with Gasteiger partial charge in [-0.15, -0.1) is 0 Å².